The SMILES string of the molecule is C[C@@H]1CCN(Cc2ccccc2)[C@@H](C)[C@H]1N. The minimum Gasteiger partial charge on any atom is -0.326 e. The van der Waals surface area contributed by atoms with Crippen LogP contribution in [0, 0.1) is 5.92 Å². The van der Waals surface area contributed by atoms with Crippen molar-refractivity contribution in [2.75, 3.05) is 6.54 Å². The van der Waals surface area contributed by atoms with Crippen LogP contribution in [0.25, 0.3) is 0 Å². The maximum Gasteiger partial charge on any atom is 0.0237 e. The zero-order valence-corrected chi connectivity index (χ0v) is 10.3. The van der Waals surface area contributed by atoms with Gasteiger partial charge in [0.15, 0.2) is 0 Å². The first-order chi connectivity index (χ1) is 7.68. The van der Waals surface area contributed by atoms with Gasteiger partial charge in [0.2, 0.25) is 0 Å². The Morgan fingerprint density at radius 1 is 1.25 bits per heavy atom. The van der Waals surface area contributed by atoms with Gasteiger partial charge in [0, 0.05) is 18.6 Å². The molecule has 0 unspecified atom stereocenters. The Morgan fingerprint density at radius 2 is 1.94 bits per heavy atom. The first kappa shape index (κ1) is 11.6. The van der Waals surface area contributed by atoms with Crippen molar-refractivity contribution in [1.29, 1.82) is 0 Å². The summed E-state index contributed by atoms with van der Waals surface area (Å²) in [5, 5.41) is 0. The van der Waals surface area contributed by atoms with Crippen molar-refractivity contribution in [3.8, 4) is 0 Å². The van der Waals surface area contributed by atoms with E-state index in [0.717, 1.165) is 6.54 Å². The molecule has 0 aliphatic carbocycles. The summed E-state index contributed by atoms with van der Waals surface area (Å²) in [4.78, 5) is 2.50. The van der Waals surface area contributed by atoms with Crippen molar-refractivity contribution >= 4 is 0 Å². The quantitative estimate of drug-likeness (QED) is 0.825. The van der Waals surface area contributed by atoms with E-state index in [9.17, 15) is 0 Å². The molecule has 0 spiro atoms. The standard InChI is InChI=1S/C14H22N2/c1-11-8-9-16(12(2)14(11)15)10-13-6-4-3-5-7-13/h3-7,11-12,14H,8-10,15H2,1-2H3/t11-,12+,14+/m1/s1. The third kappa shape index (κ3) is 2.45. The van der Waals surface area contributed by atoms with Crippen molar-refractivity contribution in [1.82, 2.24) is 4.90 Å². The highest BCUT2D eigenvalue weighted by atomic mass is 15.2. The van der Waals surface area contributed by atoms with Crippen LogP contribution >= 0.6 is 0 Å². The van der Waals surface area contributed by atoms with Crippen LogP contribution in [0.3, 0.4) is 0 Å². The normalized spacial score (nSPS) is 31.6. The molecule has 2 nitrogen and oxygen atoms in total. The van der Waals surface area contributed by atoms with E-state index >= 15 is 0 Å². The van der Waals surface area contributed by atoms with Gasteiger partial charge in [0.05, 0.1) is 0 Å². The van der Waals surface area contributed by atoms with E-state index in [0.29, 0.717) is 18.0 Å². The Balaban J connectivity index is 2.00. The zero-order valence-electron chi connectivity index (χ0n) is 10.3. The maximum absolute atomic E-state index is 6.22. The van der Waals surface area contributed by atoms with E-state index in [-0.39, 0.29) is 0 Å². The Labute approximate surface area is 98.4 Å². The van der Waals surface area contributed by atoms with Crippen LogP contribution < -0.4 is 5.73 Å². The fourth-order valence-corrected chi connectivity index (χ4v) is 2.53. The molecular weight excluding hydrogens is 196 g/mol. The Kier molecular flexibility index (Phi) is 3.62. The predicted molar refractivity (Wildman–Crippen MR) is 68.1 cm³/mol. The molecule has 1 fully saturated rings. The summed E-state index contributed by atoms with van der Waals surface area (Å²) in [6.45, 7) is 6.72. The highest BCUT2D eigenvalue weighted by Gasteiger charge is 2.29. The van der Waals surface area contributed by atoms with Crippen LogP contribution in [0.5, 0.6) is 0 Å². The van der Waals surface area contributed by atoms with E-state index in [2.05, 4.69) is 49.1 Å². The van der Waals surface area contributed by atoms with E-state index in [1.54, 1.807) is 0 Å². The van der Waals surface area contributed by atoms with Crippen molar-refractivity contribution in [3.63, 3.8) is 0 Å². The van der Waals surface area contributed by atoms with Gasteiger partial charge in [-0.05, 0) is 31.4 Å². The summed E-state index contributed by atoms with van der Waals surface area (Å²) in [5.74, 6) is 0.655. The molecule has 2 heteroatoms. The summed E-state index contributed by atoms with van der Waals surface area (Å²) in [5.41, 5.74) is 7.61. The maximum atomic E-state index is 6.22. The molecule has 16 heavy (non-hydrogen) atoms. The number of benzene rings is 1. The van der Waals surface area contributed by atoms with Crippen molar-refractivity contribution in [2.45, 2.75) is 38.9 Å². The summed E-state index contributed by atoms with van der Waals surface area (Å²) >= 11 is 0. The molecule has 0 radical (unpaired) electrons. The molecular formula is C14H22N2. The second-order valence-corrected chi connectivity index (χ2v) is 5.04. The van der Waals surface area contributed by atoms with Gasteiger partial charge in [-0.3, -0.25) is 4.90 Å². The molecule has 1 aromatic carbocycles. The molecule has 1 aliphatic heterocycles. The predicted octanol–water partition coefficient (Wildman–Crippen LogP) is 2.24. The molecule has 1 heterocycles. The van der Waals surface area contributed by atoms with Crippen molar-refractivity contribution < 1.29 is 0 Å². The lowest BCUT2D eigenvalue weighted by Crippen LogP contribution is -2.53. The van der Waals surface area contributed by atoms with Gasteiger partial charge in [-0.1, -0.05) is 37.3 Å². The highest BCUT2D eigenvalue weighted by Crippen LogP contribution is 2.22. The largest absolute Gasteiger partial charge is 0.326 e. The van der Waals surface area contributed by atoms with Gasteiger partial charge in [0.25, 0.3) is 0 Å². The molecule has 2 N–H and O–H groups in total. The van der Waals surface area contributed by atoms with Crippen molar-refractivity contribution in [2.24, 2.45) is 11.7 Å². The summed E-state index contributed by atoms with van der Waals surface area (Å²) in [6, 6.07) is 11.5. The third-order valence-electron chi connectivity index (χ3n) is 3.89. The molecule has 0 amide bonds. The first-order valence-corrected chi connectivity index (χ1v) is 6.22. The summed E-state index contributed by atoms with van der Waals surface area (Å²) < 4.78 is 0. The van der Waals surface area contributed by atoms with E-state index in [1.165, 1.54) is 18.5 Å². The topological polar surface area (TPSA) is 29.3 Å². The van der Waals surface area contributed by atoms with Crippen LogP contribution in [-0.4, -0.2) is 23.5 Å². The number of nitrogens with two attached hydrogens (primary N) is 1. The average molecular weight is 218 g/mol. The van der Waals surface area contributed by atoms with E-state index in [4.69, 9.17) is 5.73 Å². The van der Waals surface area contributed by atoms with E-state index in [1.807, 2.05) is 0 Å². The van der Waals surface area contributed by atoms with Gasteiger partial charge in [-0.15, -0.1) is 0 Å². The third-order valence-corrected chi connectivity index (χ3v) is 3.89. The lowest BCUT2D eigenvalue weighted by atomic mass is 9.88. The Morgan fingerprint density at radius 3 is 2.62 bits per heavy atom. The summed E-state index contributed by atoms with van der Waals surface area (Å²) in [6.07, 6.45) is 1.22. The molecule has 1 saturated heterocycles. The zero-order chi connectivity index (χ0) is 11.5. The van der Waals surface area contributed by atoms with Crippen LogP contribution in [-0.2, 0) is 6.54 Å². The smallest absolute Gasteiger partial charge is 0.0237 e. The summed E-state index contributed by atoms with van der Waals surface area (Å²) in [7, 11) is 0. The number of hydrogen-bond donors (Lipinski definition) is 1. The lowest BCUT2D eigenvalue weighted by Gasteiger charge is -2.41. The van der Waals surface area contributed by atoms with Gasteiger partial charge in [-0.2, -0.15) is 0 Å². The average Bonchev–Trinajstić information content (AvgIpc) is 2.31. The van der Waals surface area contributed by atoms with Crippen LogP contribution in [0.1, 0.15) is 25.8 Å². The fraction of sp³-hybridized carbons (Fsp3) is 0.571. The second-order valence-electron chi connectivity index (χ2n) is 5.04. The Hall–Kier alpha value is -0.860. The molecule has 0 bridgehead atoms. The molecule has 2 rings (SSSR count). The molecule has 0 aromatic heterocycles. The monoisotopic (exact) mass is 218 g/mol. The fourth-order valence-electron chi connectivity index (χ4n) is 2.53. The van der Waals surface area contributed by atoms with Gasteiger partial charge >= 0.3 is 0 Å². The van der Waals surface area contributed by atoms with E-state index < -0.39 is 0 Å². The van der Waals surface area contributed by atoms with Gasteiger partial charge in [0.1, 0.15) is 0 Å². The number of piperidine rings is 1. The Bertz CT molecular complexity index is 323. The van der Waals surface area contributed by atoms with Crippen LogP contribution in [0.4, 0.5) is 0 Å². The molecule has 3 atom stereocenters. The van der Waals surface area contributed by atoms with Gasteiger partial charge < -0.3 is 5.73 Å². The van der Waals surface area contributed by atoms with Crippen LogP contribution in [0.2, 0.25) is 0 Å². The van der Waals surface area contributed by atoms with Crippen molar-refractivity contribution in [3.05, 3.63) is 35.9 Å². The highest BCUT2D eigenvalue weighted by molar-refractivity contribution is 5.14. The number of nitrogens with zero attached hydrogens (tertiary/aromatic N) is 1. The minimum absolute atomic E-state index is 0.317. The minimum atomic E-state index is 0.317. The van der Waals surface area contributed by atoms with Gasteiger partial charge in [-0.25, -0.2) is 0 Å². The molecule has 1 aromatic rings. The first-order valence-electron chi connectivity index (χ1n) is 6.22. The molecule has 1 aliphatic rings. The molecule has 0 saturated carbocycles. The second kappa shape index (κ2) is 4.98. The van der Waals surface area contributed by atoms with Crippen LogP contribution in [0.15, 0.2) is 30.3 Å². The number of rotatable bonds is 2. The lowest BCUT2D eigenvalue weighted by molar-refractivity contribution is 0.0995. The number of likely N-dealkylation sites (tertiary alicyclic amines) is 1. The number of hydrogen-bond acceptors (Lipinski definition) is 2. The molecule has 88 valence electrons.